The summed E-state index contributed by atoms with van der Waals surface area (Å²) < 4.78 is 1.17. The summed E-state index contributed by atoms with van der Waals surface area (Å²) in [4.78, 5) is 4.21. The van der Waals surface area contributed by atoms with Crippen molar-refractivity contribution in [3.63, 3.8) is 0 Å². The van der Waals surface area contributed by atoms with Gasteiger partial charge in [-0.1, -0.05) is 18.7 Å². The highest BCUT2D eigenvalue weighted by molar-refractivity contribution is 8.01. The molecule has 0 aromatic carbocycles. The van der Waals surface area contributed by atoms with Crippen molar-refractivity contribution in [2.24, 2.45) is 0 Å². The molecule has 1 unspecified atom stereocenters. The lowest BCUT2D eigenvalue weighted by molar-refractivity contribution is 0.602. The summed E-state index contributed by atoms with van der Waals surface area (Å²) in [6, 6.07) is 0.610. The van der Waals surface area contributed by atoms with Crippen molar-refractivity contribution in [2.75, 3.05) is 12.8 Å². The Hall–Kier alpha value is -0.0600. The molecule has 0 saturated carbocycles. The van der Waals surface area contributed by atoms with E-state index in [4.69, 9.17) is 0 Å². The summed E-state index contributed by atoms with van der Waals surface area (Å²) >= 11 is 3.54. The molecule has 68 valence electrons. The molecule has 0 spiro atoms. The molecule has 1 aromatic heterocycles. The number of thioether (sulfide) groups is 1. The first-order valence-electron chi connectivity index (χ1n) is 4.06. The van der Waals surface area contributed by atoms with E-state index in [1.165, 1.54) is 10.8 Å². The molecule has 1 heterocycles. The van der Waals surface area contributed by atoms with Crippen LogP contribution in [0, 0.1) is 0 Å². The standard InChI is InChI=1S/C8H14N2S2/c1-3-7(9-2)6-12-8-10-4-5-11-8/h4-5,7,9H,3,6H2,1-2H3. The Balaban J connectivity index is 2.25. The van der Waals surface area contributed by atoms with Crippen LogP contribution in [0.1, 0.15) is 13.3 Å². The monoisotopic (exact) mass is 202 g/mol. The van der Waals surface area contributed by atoms with Crippen molar-refractivity contribution in [1.82, 2.24) is 10.3 Å². The number of aromatic nitrogens is 1. The molecule has 4 heteroatoms. The van der Waals surface area contributed by atoms with Crippen molar-refractivity contribution >= 4 is 23.1 Å². The molecule has 0 bridgehead atoms. The number of nitrogens with one attached hydrogen (secondary N) is 1. The van der Waals surface area contributed by atoms with Crippen molar-refractivity contribution in [1.29, 1.82) is 0 Å². The van der Waals surface area contributed by atoms with E-state index in [1.54, 1.807) is 11.3 Å². The van der Waals surface area contributed by atoms with Gasteiger partial charge in [-0.15, -0.1) is 11.3 Å². The van der Waals surface area contributed by atoms with E-state index >= 15 is 0 Å². The van der Waals surface area contributed by atoms with E-state index in [0.717, 1.165) is 5.75 Å². The predicted molar refractivity (Wildman–Crippen MR) is 56.0 cm³/mol. The van der Waals surface area contributed by atoms with Crippen LogP contribution in [0.15, 0.2) is 15.9 Å². The molecule has 1 rings (SSSR count). The Kier molecular flexibility index (Phi) is 4.65. The van der Waals surface area contributed by atoms with Gasteiger partial charge >= 0.3 is 0 Å². The van der Waals surface area contributed by atoms with E-state index < -0.39 is 0 Å². The second-order valence-electron chi connectivity index (χ2n) is 2.50. The molecule has 0 aliphatic rings. The van der Waals surface area contributed by atoms with Gasteiger partial charge in [-0.25, -0.2) is 4.98 Å². The molecule has 0 aliphatic heterocycles. The number of rotatable bonds is 5. The molecule has 1 aromatic rings. The lowest BCUT2D eigenvalue weighted by atomic mass is 10.3. The zero-order valence-corrected chi connectivity index (χ0v) is 9.04. The second kappa shape index (κ2) is 5.56. The lowest BCUT2D eigenvalue weighted by Crippen LogP contribution is -2.26. The number of nitrogens with zero attached hydrogens (tertiary/aromatic N) is 1. The van der Waals surface area contributed by atoms with E-state index in [2.05, 4.69) is 17.2 Å². The minimum atomic E-state index is 0.610. The zero-order valence-electron chi connectivity index (χ0n) is 7.41. The van der Waals surface area contributed by atoms with Crippen LogP contribution in [0.25, 0.3) is 0 Å². The Morgan fingerprint density at radius 1 is 1.75 bits per heavy atom. The van der Waals surface area contributed by atoms with Crippen LogP contribution >= 0.6 is 23.1 Å². The number of hydrogen-bond acceptors (Lipinski definition) is 4. The third kappa shape index (κ3) is 3.13. The SMILES string of the molecule is CCC(CSc1nccs1)NC. The van der Waals surface area contributed by atoms with Gasteiger partial charge in [-0.2, -0.15) is 0 Å². The molecule has 2 nitrogen and oxygen atoms in total. The summed E-state index contributed by atoms with van der Waals surface area (Å²) in [7, 11) is 2.01. The molecule has 1 N–H and O–H groups in total. The molecular formula is C8H14N2S2. The van der Waals surface area contributed by atoms with Crippen LogP contribution in [0.5, 0.6) is 0 Å². The summed E-state index contributed by atoms with van der Waals surface area (Å²) in [5.74, 6) is 1.11. The van der Waals surface area contributed by atoms with Gasteiger partial charge in [0.15, 0.2) is 0 Å². The fourth-order valence-corrected chi connectivity index (χ4v) is 2.74. The topological polar surface area (TPSA) is 24.9 Å². The highest BCUT2D eigenvalue weighted by atomic mass is 32.2. The van der Waals surface area contributed by atoms with E-state index in [1.807, 2.05) is 30.4 Å². The Bertz CT molecular complexity index is 195. The predicted octanol–water partition coefficient (Wildman–Crippen LogP) is 2.23. The van der Waals surface area contributed by atoms with Crippen molar-refractivity contribution in [3.05, 3.63) is 11.6 Å². The molecule has 0 saturated heterocycles. The smallest absolute Gasteiger partial charge is 0.149 e. The van der Waals surface area contributed by atoms with Crippen LogP contribution in [0.2, 0.25) is 0 Å². The van der Waals surface area contributed by atoms with Crippen LogP contribution < -0.4 is 5.32 Å². The minimum Gasteiger partial charge on any atom is -0.316 e. The van der Waals surface area contributed by atoms with Gasteiger partial charge < -0.3 is 5.32 Å². The van der Waals surface area contributed by atoms with Gasteiger partial charge in [0.05, 0.1) is 0 Å². The third-order valence-corrected chi connectivity index (χ3v) is 3.85. The molecule has 0 aliphatic carbocycles. The molecule has 0 fully saturated rings. The van der Waals surface area contributed by atoms with Crippen LogP contribution in [0.3, 0.4) is 0 Å². The maximum atomic E-state index is 4.21. The van der Waals surface area contributed by atoms with Crippen LogP contribution in [0.4, 0.5) is 0 Å². The molecule has 12 heavy (non-hydrogen) atoms. The quantitative estimate of drug-likeness (QED) is 0.741. The average Bonchev–Trinajstić information content (AvgIpc) is 2.59. The Morgan fingerprint density at radius 2 is 2.58 bits per heavy atom. The lowest BCUT2D eigenvalue weighted by Gasteiger charge is -2.11. The normalized spacial score (nSPS) is 13.2. The first-order valence-corrected chi connectivity index (χ1v) is 5.93. The van der Waals surface area contributed by atoms with E-state index in [0.29, 0.717) is 6.04 Å². The summed E-state index contributed by atoms with van der Waals surface area (Å²) in [5.41, 5.74) is 0. The fourth-order valence-electron chi connectivity index (χ4n) is 0.859. The molecule has 0 radical (unpaired) electrons. The van der Waals surface area contributed by atoms with Crippen molar-refractivity contribution in [2.45, 2.75) is 23.7 Å². The number of hydrogen-bond donors (Lipinski definition) is 1. The zero-order chi connectivity index (χ0) is 8.81. The fraction of sp³-hybridized carbons (Fsp3) is 0.625. The highest BCUT2D eigenvalue weighted by Crippen LogP contribution is 2.21. The van der Waals surface area contributed by atoms with Gasteiger partial charge in [0.1, 0.15) is 4.34 Å². The van der Waals surface area contributed by atoms with Crippen molar-refractivity contribution < 1.29 is 0 Å². The van der Waals surface area contributed by atoms with E-state index in [9.17, 15) is 0 Å². The minimum absolute atomic E-state index is 0.610. The second-order valence-corrected chi connectivity index (χ2v) is 4.66. The third-order valence-electron chi connectivity index (χ3n) is 1.72. The largest absolute Gasteiger partial charge is 0.316 e. The Labute approximate surface area is 81.8 Å². The summed E-state index contributed by atoms with van der Waals surface area (Å²) in [6.45, 7) is 2.20. The molecule has 1 atom stereocenters. The van der Waals surface area contributed by atoms with Crippen LogP contribution in [-0.2, 0) is 0 Å². The first kappa shape index (κ1) is 10.0. The summed E-state index contributed by atoms with van der Waals surface area (Å²) in [5, 5.41) is 5.29. The van der Waals surface area contributed by atoms with Gasteiger partial charge in [-0.3, -0.25) is 0 Å². The highest BCUT2D eigenvalue weighted by Gasteiger charge is 2.04. The van der Waals surface area contributed by atoms with Crippen molar-refractivity contribution in [3.8, 4) is 0 Å². The summed E-state index contributed by atoms with van der Waals surface area (Å²) in [6.07, 6.45) is 3.03. The van der Waals surface area contributed by atoms with E-state index in [-0.39, 0.29) is 0 Å². The first-order chi connectivity index (χ1) is 5.86. The molecule has 0 amide bonds. The van der Waals surface area contributed by atoms with Gasteiger partial charge in [0.25, 0.3) is 0 Å². The van der Waals surface area contributed by atoms with Gasteiger partial charge in [0, 0.05) is 23.4 Å². The number of thiazole rings is 1. The van der Waals surface area contributed by atoms with Crippen LogP contribution in [-0.4, -0.2) is 23.8 Å². The van der Waals surface area contributed by atoms with Gasteiger partial charge in [-0.05, 0) is 13.5 Å². The maximum absolute atomic E-state index is 4.21. The maximum Gasteiger partial charge on any atom is 0.149 e. The molecular weight excluding hydrogens is 188 g/mol. The average molecular weight is 202 g/mol. The Morgan fingerprint density at radius 3 is 3.08 bits per heavy atom. The van der Waals surface area contributed by atoms with Gasteiger partial charge in [0.2, 0.25) is 0 Å².